The van der Waals surface area contributed by atoms with E-state index in [-0.39, 0.29) is 6.04 Å². The van der Waals surface area contributed by atoms with E-state index >= 15 is 0 Å². The van der Waals surface area contributed by atoms with Crippen molar-refractivity contribution in [3.05, 3.63) is 47.8 Å². The first kappa shape index (κ1) is 13.3. The molecule has 0 saturated heterocycles. The van der Waals surface area contributed by atoms with Gasteiger partial charge in [0.1, 0.15) is 18.0 Å². The van der Waals surface area contributed by atoms with Crippen molar-refractivity contribution in [3.8, 4) is 0 Å². The third-order valence-corrected chi connectivity index (χ3v) is 3.25. The molecule has 1 heterocycles. The van der Waals surface area contributed by atoms with Crippen LogP contribution in [0.25, 0.3) is 0 Å². The van der Waals surface area contributed by atoms with E-state index in [2.05, 4.69) is 53.4 Å². The number of nitrogens with two attached hydrogens (primary N) is 1. The standard InChI is InChI=1S/C15H20N4/c1-3-12-14(16)17-10-18-15(12)19-13(4-2)11-8-6-5-7-9-11/h5-10,13H,3-4H2,1-2H3,(H3,16,17,18,19). The number of hydrogen-bond donors (Lipinski definition) is 2. The Morgan fingerprint density at radius 1 is 1.16 bits per heavy atom. The lowest BCUT2D eigenvalue weighted by Crippen LogP contribution is -2.13. The van der Waals surface area contributed by atoms with Gasteiger partial charge in [-0.15, -0.1) is 0 Å². The van der Waals surface area contributed by atoms with Gasteiger partial charge in [0.15, 0.2) is 0 Å². The van der Waals surface area contributed by atoms with Gasteiger partial charge in [-0.3, -0.25) is 0 Å². The molecule has 0 amide bonds. The minimum absolute atomic E-state index is 0.237. The average molecular weight is 256 g/mol. The van der Waals surface area contributed by atoms with Gasteiger partial charge >= 0.3 is 0 Å². The Bertz CT molecular complexity index is 525. The Morgan fingerprint density at radius 3 is 2.53 bits per heavy atom. The molecule has 0 spiro atoms. The summed E-state index contributed by atoms with van der Waals surface area (Å²) in [6.07, 6.45) is 3.31. The van der Waals surface area contributed by atoms with E-state index in [1.54, 1.807) is 0 Å². The third kappa shape index (κ3) is 3.02. The van der Waals surface area contributed by atoms with Gasteiger partial charge in [-0.1, -0.05) is 44.2 Å². The molecular formula is C15H20N4. The zero-order valence-electron chi connectivity index (χ0n) is 11.4. The predicted octanol–water partition coefficient (Wildman–Crippen LogP) is 3.18. The Hall–Kier alpha value is -2.10. The maximum Gasteiger partial charge on any atom is 0.135 e. The Balaban J connectivity index is 2.27. The highest BCUT2D eigenvalue weighted by Gasteiger charge is 2.13. The molecule has 100 valence electrons. The highest BCUT2D eigenvalue weighted by molar-refractivity contribution is 5.55. The quantitative estimate of drug-likeness (QED) is 0.862. The van der Waals surface area contributed by atoms with Crippen molar-refractivity contribution in [1.82, 2.24) is 9.97 Å². The zero-order valence-corrected chi connectivity index (χ0v) is 11.4. The predicted molar refractivity (Wildman–Crippen MR) is 78.9 cm³/mol. The Kier molecular flexibility index (Phi) is 4.34. The van der Waals surface area contributed by atoms with Gasteiger partial charge in [-0.05, 0) is 18.4 Å². The van der Waals surface area contributed by atoms with E-state index in [0.29, 0.717) is 5.82 Å². The van der Waals surface area contributed by atoms with Crippen molar-refractivity contribution in [1.29, 1.82) is 0 Å². The van der Waals surface area contributed by atoms with Crippen LogP contribution in [0.2, 0.25) is 0 Å². The summed E-state index contributed by atoms with van der Waals surface area (Å²) in [5.41, 5.74) is 8.13. The highest BCUT2D eigenvalue weighted by Crippen LogP contribution is 2.25. The van der Waals surface area contributed by atoms with E-state index in [9.17, 15) is 0 Å². The summed E-state index contributed by atoms with van der Waals surface area (Å²) < 4.78 is 0. The molecule has 1 atom stereocenters. The lowest BCUT2D eigenvalue weighted by atomic mass is 10.0. The number of nitrogen functional groups attached to an aromatic ring is 1. The summed E-state index contributed by atoms with van der Waals surface area (Å²) >= 11 is 0. The fourth-order valence-electron chi connectivity index (χ4n) is 2.17. The first-order valence-corrected chi connectivity index (χ1v) is 6.67. The van der Waals surface area contributed by atoms with Crippen molar-refractivity contribution in [2.24, 2.45) is 0 Å². The molecule has 2 aromatic rings. The van der Waals surface area contributed by atoms with Gasteiger partial charge in [0.25, 0.3) is 0 Å². The molecule has 0 aliphatic rings. The van der Waals surface area contributed by atoms with Gasteiger partial charge < -0.3 is 11.1 Å². The molecule has 1 unspecified atom stereocenters. The SMILES string of the molecule is CCc1c(N)ncnc1NC(CC)c1ccccc1. The Morgan fingerprint density at radius 2 is 1.89 bits per heavy atom. The topological polar surface area (TPSA) is 63.8 Å². The van der Waals surface area contributed by atoms with Crippen LogP contribution in [-0.2, 0) is 6.42 Å². The molecule has 2 rings (SSSR count). The van der Waals surface area contributed by atoms with Crippen molar-refractivity contribution < 1.29 is 0 Å². The highest BCUT2D eigenvalue weighted by atomic mass is 15.1. The van der Waals surface area contributed by atoms with E-state index < -0.39 is 0 Å². The number of nitrogens with zero attached hydrogens (tertiary/aromatic N) is 2. The van der Waals surface area contributed by atoms with Crippen molar-refractivity contribution in [2.75, 3.05) is 11.1 Å². The van der Waals surface area contributed by atoms with Crippen LogP contribution in [0.4, 0.5) is 11.6 Å². The second kappa shape index (κ2) is 6.18. The molecule has 0 aliphatic carbocycles. The molecule has 19 heavy (non-hydrogen) atoms. The van der Waals surface area contributed by atoms with Crippen molar-refractivity contribution in [2.45, 2.75) is 32.7 Å². The second-order valence-electron chi connectivity index (χ2n) is 4.46. The summed E-state index contributed by atoms with van der Waals surface area (Å²) in [6, 6.07) is 10.6. The van der Waals surface area contributed by atoms with Gasteiger partial charge in [-0.2, -0.15) is 0 Å². The van der Waals surface area contributed by atoms with Crippen LogP contribution in [0.5, 0.6) is 0 Å². The summed E-state index contributed by atoms with van der Waals surface area (Å²) in [6.45, 7) is 4.21. The summed E-state index contributed by atoms with van der Waals surface area (Å²) in [7, 11) is 0. The van der Waals surface area contributed by atoms with Crippen molar-refractivity contribution in [3.63, 3.8) is 0 Å². The van der Waals surface area contributed by atoms with E-state index in [1.807, 2.05) is 6.07 Å². The van der Waals surface area contributed by atoms with Crippen molar-refractivity contribution >= 4 is 11.6 Å². The summed E-state index contributed by atoms with van der Waals surface area (Å²) in [5.74, 6) is 1.40. The fraction of sp³-hybridized carbons (Fsp3) is 0.333. The van der Waals surface area contributed by atoms with Crippen LogP contribution in [0, 0.1) is 0 Å². The first-order chi connectivity index (χ1) is 9.26. The van der Waals surface area contributed by atoms with Crippen LogP contribution >= 0.6 is 0 Å². The molecule has 4 nitrogen and oxygen atoms in total. The number of benzene rings is 1. The lowest BCUT2D eigenvalue weighted by Gasteiger charge is -2.20. The molecule has 3 N–H and O–H groups in total. The van der Waals surface area contributed by atoms with Crippen LogP contribution < -0.4 is 11.1 Å². The maximum absolute atomic E-state index is 5.90. The average Bonchev–Trinajstić information content (AvgIpc) is 2.46. The molecule has 0 bridgehead atoms. The third-order valence-electron chi connectivity index (χ3n) is 3.25. The van der Waals surface area contributed by atoms with Gasteiger partial charge in [-0.25, -0.2) is 9.97 Å². The smallest absolute Gasteiger partial charge is 0.135 e. The Labute approximate surface area is 114 Å². The lowest BCUT2D eigenvalue weighted by molar-refractivity contribution is 0.741. The summed E-state index contributed by atoms with van der Waals surface area (Å²) in [4.78, 5) is 8.36. The molecular weight excluding hydrogens is 236 g/mol. The molecule has 1 aromatic heterocycles. The van der Waals surface area contributed by atoms with E-state index in [0.717, 1.165) is 24.2 Å². The fourth-order valence-corrected chi connectivity index (χ4v) is 2.17. The molecule has 0 aliphatic heterocycles. The van der Waals surface area contributed by atoms with Crippen LogP contribution in [0.15, 0.2) is 36.7 Å². The van der Waals surface area contributed by atoms with Crippen LogP contribution in [0.3, 0.4) is 0 Å². The molecule has 1 aromatic carbocycles. The monoisotopic (exact) mass is 256 g/mol. The molecule has 4 heteroatoms. The number of nitrogens with one attached hydrogen (secondary N) is 1. The van der Waals surface area contributed by atoms with E-state index in [1.165, 1.54) is 11.9 Å². The number of aromatic nitrogens is 2. The first-order valence-electron chi connectivity index (χ1n) is 6.67. The van der Waals surface area contributed by atoms with Crippen LogP contribution in [0.1, 0.15) is 37.4 Å². The van der Waals surface area contributed by atoms with Gasteiger partial charge in [0.2, 0.25) is 0 Å². The van der Waals surface area contributed by atoms with Gasteiger partial charge in [0.05, 0.1) is 6.04 Å². The maximum atomic E-state index is 5.90. The summed E-state index contributed by atoms with van der Waals surface area (Å²) in [5, 5.41) is 3.47. The number of rotatable bonds is 5. The minimum Gasteiger partial charge on any atom is -0.383 e. The van der Waals surface area contributed by atoms with Crippen LogP contribution in [-0.4, -0.2) is 9.97 Å². The molecule has 0 radical (unpaired) electrons. The van der Waals surface area contributed by atoms with Gasteiger partial charge in [0, 0.05) is 5.56 Å². The molecule has 0 saturated carbocycles. The minimum atomic E-state index is 0.237. The zero-order chi connectivity index (χ0) is 13.7. The number of anilines is 2. The van der Waals surface area contributed by atoms with E-state index in [4.69, 9.17) is 5.73 Å². The normalized spacial score (nSPS) is 12.1. The largest absolute Gasteiger partial charge is 0.383 e. The number of hydrogen-bond acceptors (Lipinski definition) is 4. The second-order valence-corrected chi connectivity index (χ2v) is 4.46. The molecule has 0 fully saturated rings.